The molecule has 26 heavy (non-hydrogen) atoms. The van der Waals surface area contributed by atoms with Crippen LogP contribution in [0.5, 0.6) is 0 Å². The molecule has 0 saturated carbocycles. The lowest BCUT2D eigenvalue weighted by molar-refractivity contribution is -0.0431. The van der Waals surface area contributed by atoms with Gasteiger partial charge in [-0.05, 0) is 50.9 Å². The minimum absolute atomic E-state index is 0.0158. The molecule has 1 aromatic heterocycles. The summed E-state index contributed by atoms with van der Waals surface area (Å²) < 4.78 is 0. The maximum atomic E-state index is 13.0. The molecule has 1 aromatic carbocycles. The number of aliphatic hydroxyl groups is 1. The third kappa shape index (κ3) is 3.66. The minimum atomic E-state index is -0.795. The number of benzene rings is 1. The third-order valence-corrected chi connectivity index (χ3v) is 5.44. The highest BCUT2D eigenvalue weighted by molar-refractivity contribution is 5.95. The van der Waals surface area contributed by atoms with Crippen LogP contribution in [0.2, 0.25) is 0 Å². The van der Waals surface area contributed by atoms with E-state index < -0.39 is 5.60 Å². The number of likely N-dealkylation sites (tertiary alicyclic amines) is 2. The lowest BCUT2D eigenvalue weighted by Gasteiger charge is -2.41. The fraction of sp³-hybridized carbons (Fsp3) is 0.500. The molecule has 0 aliphatic carbocycles. The molecule has 0 spiro atoms. The van der Waals surface area contributed by atoms with Crippen LogP contribution in [0.3, 0.4) is 0 Å². The maximum Gasteiger partial charge on any atom is 0.253 e. The van der Waals surface area contributed by atoms with Crippen molar-refractivity contribution in [1.29, 1.82) is 0 Å². The standard InChI is InChI=1S/C20H26N4O2/c25-19(17-6-3-5-16(13-17)18-21-8-9-22-18)24-12-4-7-20(26,15-24)14-23-10-1-2-11-23/h3,5-6,8-9,13,26H,1-2,4,7,10-12,14-15H2,(H,21,22)/t20-/m0/s1. The van der Waals surface area contributed by atoms with Gasteiger partial charge in [-0.2, -0.15) is 0 Å². The summed E-state index contributed by atoms with van der Waals surface area (Å²) in [6.07, 6.45) is 7.49. The van der Waals surface area contributed by atoms with E-state index in [0.717, 1.165) is 37.3 Å². The predicted molar refractivity (Wildman–Crippen MR) is 99.8 cm³/mol. The highest BCUT2D eigenvalue weighted by atomic mass is 16.3. The highest BCUT2D eigenvalue weighted by Gasteiger charge is 2.37. The summed E-state index contributed by atoms with van der Waals surface area (Å²) in [7, 11) is 0. The first-order valence-electron chi connectivity index (χ1n) is 9.47. The third-order valence-electron chi connectivity index (χ3n) is 5.44. The van der Waals surface area contributed by atoms with Crippen LogP contribution >= 0.6 is 0 Å². The molecule has 2 fully saturated rings. The molecule has 138 valence electrons. The summed E-state index contributed by atoms with van der Waals surface area (Å²) in [6.45, 7) is 3.89. The molecule has 0 radical (unpaired) electrons. The Bertz CT molecular complexity index is 755. The lowest BCUT2D eigenvalue weighted by Crippen LogP contribution is -2.55. The molecule has 3 heterocycles. The van der Waals surface area contributed by atoms with Crippen molar-refractivity contribution in [3.63, 3.8) is 0 Å². The van der Waals surface area contributed by atoms with Crippen LogP contribution in [0.1, 0.15) is 36.0 Å². The van der Waals surface area contributed by atoms with Crippen molar-refractivity contribution in [2.75, 3.05) is 32.7 Å². The van der Waals surface area contributed by atoms with Crippen LogP contribution in [0.25, 0.3) is 11.4 Å². The molecule has 6 nitrogen and oxygen atoms in total. The van der Waals surface area contributed by atoms with Crippen molar-refractivity contribution in [2.24, 2.45) is 0 Å². The predicted octanol–water partition coefficient (Wildman–Crippen LogP) is 2.14. The molecule has 4 rings (SSSR count). The van der Waals surface area contributed by atoms with E-state index in [2.05, 4.69) is 14.9 Å². The number of carbonyl (C=O) groups excluding carboxylic acids is 1. The zero-order chi connectivity index (χ0) is 18.0. The molecule has 0 bridgehead atoms. The first-order chi connectivity index (χ1) is 12.6. The minimum Gasteiger partial charge on any atom is -0.387 e. The number of aromatic nitrogens is 2. The second-order valence-corrected chi connectivity index (χ2v) is 7.56. The average Bonchev–Trinajstić information content (AvgIpc) is 3.35. The van der Waals surface area contributed by atoms with Gasteiger partial charge < -0.3 is 19.9 Å². The molecular weight excluding hydrogens is 328 g/mol. The zero-order valence-electron chi connectivity index (χ0n) is 15.0. The zero-order valence-corrected chi connectivity index (χ0v) is 15.0. The molecule has 1 atom stereocenters. The van der Waals surface area contributed by atoms with E-state index in [-0.39, 0.29) is 5.91 Å². The van der Waals surface area contributed by atoms with Crippen molar-refractivity contribution in [2.45, 2.75) is 31.3 Å². The number of piperidine rings is 1. The van der Waals surface area contributed by atoms with Crippen LogP contribution in [0.4, 0.5) is 0 Å². The summed E-state index contributed by atoms with van der Waals surface area (Å²) in [5.74, 6) is 0.738. The highest BCUT2D eigenvalue weighted by Crippen LogP contribution is 2.26. The Kier molecular flexibility index (Phi) is 4.78. The fourth-order valence-corrected chi connectivity index (χ4v) is 4.18. The number of aromatic amines is 1. The Labute approximate surface area is 153 Å². The number of nitrogens with zero attached hydrogens (tertiary/aromatic N) is 3. The van der Waals surface area contributed by atoms with Gasteiger partial charge in [0.1, 0.15) is 5.82 Å². The van der Waals surface area contributed by atoms with E-state index in [9.17, 15) is 9.90 Å². The van der Waals surface area contributed by atoms with Crippen LogP contribution in [0, 0.1) is 0 Å². The van der Waals surface area contributed by atoms with Gasteiger partial charge in [0.15, 0.2) is 0 Å². The number of hydrogen-bond acceptors (Lipinski definition) is 4. The van der Waals surface area contributed by atoms with Crippen molar-refractivity contribution in [3.8, 4) is 11.4 Å². The van der Waals surface area contributed by atoms with Gasteiger partial charge >= 0.3 is 0 Å². The Balaban J connectivity index is 1.48. The van der Waals surface area contributed by atoms with Crippen LogP contribution < -0.4 is 0 Å². The normalized spacial score (nSPS) is 24.1. The first kappa shape index (κ1) is 17.2. The number of imidazole rings is 1. The topological polar surface area (TPSA) is 72.5 Å². The number of carbonyl (C=O) groups is 1. The molecule has 6 heteroatoms. The number of nitrogens with one attached hydrogen (secondary N) is 1. The number of β-amino-alcohol motifs (C(OH)–C–C–N with tert-alkyl or cyclic N) is 1. The maximum absolute atomic E-state index is 13.0. The van der Waals surface area contributed by atoms with Crippen LogP contribution in [-0.2, 0) is 0 Å². The van der Waals surface area contributed by atoms with E-state index in [1.165, 1.54) is 12.8 Å². The van der Waals surface area contributed by atoms with Gasteiger partial charge in [0.2, 0.25) is 0 Å². The second kappa shape index (κ2) is 7.21. The van der Waals surface area contributed by atoms with Gasteiger partial charge in [-0.25, -0.2) is 4.98 Å². The van der Waals surface area contributed by atoms with E-state index in [0.29, 0.717) is 25.2 Å². The Morgan fingerprint density at radius 3 is 2.85 bits per heavy atom. The number of amides is 1. The van der Waals surface area contributed by atoms with Crippen molar-refractivity contribution >= 4 is 5.91 Å². The molecule has 1 amide bonds. The van der Waals surface area contributed by atoms with E-state index in [1.54, 1.807) is 17.3 Å². The quantitative estimate of drug-likeness (QED) is 0.882. The number of rotatable bonds is 4. The van der Waals surface area contributed by atoms with E-state index >= 15 is 0 Å². The SMILES string of the molecule is O=C(c1cccc(-c2ncc[nH]2)c1)N1CCC[C@](O)(CN2CCCC2)C1. The summed E-state index contributed by atoms with van der Waals surface area (Å²) in [5, 5.41) is 11.1. The molecule has 2 aliphatic heterocycles. The number of H-pyrrole nitrogens is 1. The Hall–Kier alpha value is -2.18. The van der Waals surface area contributed by atoms with Gasteiger partial charge in [-0.1, -0.05) is 12.1 Å². The lowest BCUT2D eigenvalue weighted by atomic mass is 9.91. The Morgan fingerprint density at radius 2 is 2.08 bits per heavy atom. The van der Waals surface area contributed by atoms with Crippen LogP contribution in [-0.4, -0.2) is 69.1 Å². The molecule has 2 N–H and O–H groups in total. The summed E-state index contributed by atoms with van der Waals surface area (Å²) >= 11 is 0. The van der Waals surface area contributed by atoms with Crippen molar-refractivity contribution in [1.82, 2.24) is 19.8 Å². The number of hydrogen-bond donors (Lipinski definition) is 2. The van der Waals surface area contributed by atoms with Gasteiger partial charge in [0, 0.05) is 36.6 Å². The first-order valence-corrected chi connectivity index (χ1v) is 9.47. The smallest absolute Gasteiger partial charge is 0.253 e. The van der Waals surface area contributed by atoms with Gasteiger partial charge in [0.25, 0.3) is 5.91 Å². The van der Waals surface area contributed by atoms with E-state index in [4.69, 9.17) is 0 Å². The van der Waals surface area contributed by atoms with Crippen LogP contribution in [0.15, 0.2) is 36.7 Å². The van der Waals surface area contributed by atoms with Gasteiger partial charge in [0.05, 0.1) is 12.1 Å². The molecule has 2 saturated heterocycles. The Morgan fingerprint density at radius 1 is 1.23 bits per heavy atom. The molecule has 0 unspecified atom stereocenters. The molecular formula is C20H26N4O2. The van der Waals surface area contributed by atoms with E-state index in [1.807, 2.05) is 24.3 Å². The van der Waals surface area contributed by atoms with Gasteiger partial charge in [-0.15, -0.1) is 0 Å². The fourth-order valence-electron chi connectivity index (χ4n) is 4.18. The summed E-state index contributed by atoms with van der Waals surface area (Å²) in [6, 6.07) is 7.53. The van der Waals surface area contributed by atoms with Crippen molar-refractivity contribution in [3.05, 3.63) is 42.2 Å². The molecule has 2 aromatic rings. The second-order valence-electron chi connectivity index (χ2n) is 7.56. The largest absolute Gasteiger partial charge is 0.387 e. The summed E-state index contributed by atoms with van der Waals surface area (Å²) in [5.41, 5.74) is 0.742. The summed E-state index contributed by atoms with van der Waals surface area (Å²) in [4.78, 5) is 24.5. The monoisotopic (exact) mass is 354 g/mol. The van der Waals surface area contributed by atoms with Crippen molar-refractivity contribution < 1.29 is 9.90 Å². The molecule has 2 aliphatic rings. The van der Waals surface area contributed by atoms with Gasteiger partial charge in [-0.3, -0.25) is 4.79 Å². The average molecular weight is 354 g/mol.